The van der Waals surface area contributed by atoms with Crippen LogP contribution in [0.3, 0.4) is 0 Å². The quantitative estimate of drug-likeness (QED) is 0.630. The summed E-state index contributed by atoms with van der Waals surface area (Å²) in [7, 11) is 0. The summed E-state index contributed by atoms with van der Waals surface area (Å²) in [5.74, 6) is 2.31. The Morgan fingerprint density at radius 2 is 2.23 bits per heavy atom. The summed E-state index contributed by atoms with van der Waals surface area (Å²) < 4.78 is 17.3. The molecule has 0 unspecified atom stereocenters. The van der Waals surface area contributed by atoms with Gasteiger partial charge in [0, 0.05) is 5.56 Å². The summed E-state index contributed by atoms with van der Waals surface area (Å²) in [6, 6.07) is 8.68. The molecule has 1 aromatic carbocycles. The molecule has 0 fully saturated rings. The lowest BCUT2D eigenvalue weighted by atomic mass is 10.2. The molecule has 2 aromatic heterocycles. The molecule has 0 radical (unpaired) electrons. The average molecular weight is 362 g/mol. The molecular weight excluding hydrogens is 350 g/mol. The van der Waals surface area contributed by atoms with Crippen LogP contribution in [-0.4, -0.2) is 11.3 Å². The maximum absolute atomic E-state index is 10.7. The molecule has 0 atom stereocenters. The molecule has 22 heavy (non-hydrogen) atoms. The van der Waals surface area contributed by atoms with Crippen molar-refractivity contribution in [1.29, 1.82) is 0 Å². The van der Waals surface area contributed by atoms with Gasteiger partial charge in [0.15, 0.2) is 5.76 Å². The van der Waals surface area contributed by atoms with Crippen molar-refractivity contribution in [2.75, 3.05) is 0 Å². The number of nitrogens with zero attached hydrogens (tertiary/aromatic N) is 1. The van der Waals surface area contributed by atoms with E-state index in [1.165, 1.54) is 0 Å². The fourth-order valence-corrected chi connectivity index (χ4v) is 2.43. The molecule has 0 spiro atoms. The second-order valence-electron chi connectivity index (χ2n) is 4.60. The van der Waals surface area contributed by atoms with Crippen molar-refractivity contribution in [2.24, 2.45) is 0 Å². The molecule has 0 amide bonds. The maximum Gasteiger partial charge on any atom is 0.263 e. The number of oxazole rings is 1. The molecule has 0 N–H and O–H groups in total. The number of benzene rings is 1. The van der Waals surface area contributed by atoms with Crippen LogP contribution < -0.4 is 4.74 Å². The highest BCUT2D eigenvalue weighted by molar-refractivity contribution is 9.10. The number of furan rings is 1. The van der Waals surface area contributed by atoms with Gasteiger partial charge in [-0.3, -0.25) is 4.79 Å². The van der Waals surface area contributed by atoms with Gasteiger partial charge in [0.1, 0.15) is 30.1 Å². The van der Waals surface area contributed by atoms with Crippen LogP contribution in [0.4, 0.5) is 0 Å². The van der Waals surface area contributed by atoms with E-state index in [0.29, 0.717) is 38.9 Å². The van der Waals surface area contributed by atoms with Gasteiger partial charge in [-0.1, -0.05) is 0 Å². The molecule has 2 heterocycles. The van der Waals surface area contributed by atoms with Gasteiger partial charge < -0.3 is 13.6 Å². The summed E-state index contributed by atoms with van der Waals surface area (Å²) in [4.78, 5) is 15.1. The zero-order valence-electron chi connectivity index (χ0n) is 11.7. The first-order chi connectivity index (χ1) is 10.7. The van der Waals surface area contributed by atoms with E-state index in [1.807, 2.05) is 6.92 Å². The molecule has 0 bridgehead atoms. The number of carbonyl (C=O) groups is 1. The van der Waals surface area contributed by atoms with Gasteiger partial charge in [-0.15, -0.1) is 0 Å². The van der Waals surface area contributed by atoms with Crippen molar-refractivity contribution in [3.05, 3.63) is 58.1 Å². The Morgan fingerprint density at radius 3 is 2.91 bits per heavy atom. The third-order valence-electron chi connectivity index (χ3n) is 3.08. The minimum Gasteiger partial charge on any atom is -0.486 e. The number of aromatic nitrogens is 1. The lowest BCUT2D eigenvalue weighted by Gasteiger charge is -2.07. The SMILES string of the molecule is Cc1oc(-c2ccco2)nc1COc1ccc(C=O)cc1Br. The molecule has 0 saturated heterocycles. The standard InChI is InChI=1S/C16H12BrNO4/c1-10-13(18-16(22-10)15-3-2-6-20-15)9-21-14-5-4-11(8-19)7-12(14)17/h2-8H,9H2,1H3. The van der Waals surface area contributed by atoms with Crippen LogP contribution in [0, 0.1) is 6.92 Å². The molecule has 0 saturated carbocycles. The Hall–Kier alpha value is -2.34. The third-order valence-corrected chi connectivity index (χ3v) is 3.70. The molecule has 6 heteroatoms. The zero-order valence-corrected chi connectivity index (χ0v) is 13.3. The van der Waals surface area contributed by atoms with Gasteiger partial charge in [0.05, 0.1) is 10.7 Å². The van der Waals surface area contributed by atoms with Crippen LogP contribution in [0.15, 0.2) is 49.9 Å². The predicted molar refractivity (Wildman–Crippen MR) is 82.8 cm³/mol. The largest absolute Gasteiger partial charge is 0.486 e. The summed E-state index contributed by atoms with van der Waals surface area (Å²) in [5.41, 5.74) is 1.27. The van der Waals surface area contributed by atoms with E-state index in [9.17, 15) is 4.79 Å². The molecule has 5 nitrogen and oxygen atoms in total. The average Bonchev–Trinajstić information content (AvgIpc) is 3.15. The van der Waals surface area contributed by atoms with E-state index in [1.54, 1.807) is 36.6 Å². The van der Waals surface area contributed by atoms with E-state index in [-0.39, 0.29) is 6.61 Å². The zero-order chi connectivity index (χ0) is 15.5. The maximum atomic E-state index is 10.7. The molecule has 3 rings (SSSR count). The Kier molecular flexibility index (Phi) is 4.11. The van der Waals surface area contributed by atoms with Gasteiger partial charge in [-0.05, 0) is 53.2 Å². The summed E-state index contributed by atoms with van der Waals surface area (Å²) in [6.45, 7) is 2.08. The molecule has 112 valence electrons. The van der Waals surface area contributed by atoms with E-state index in [4.69, 9.17) is 13.6 Å². The van der Waals surface area contributed by atoms with Crippen molar-refractivity contribution in [1.82, 2.24) is 4.98 Å². The molecule has 0 aliphatic carbocycles. The minimum atomic E-state index is 0.259. The van der Waals surface area contributed by atoms with Crippen molar-refractivity contribution in [3.63, 3.8) is 0 Å². The monoisotopic (exact) mass is 361 g/mol. The normalized spacial score (nSPS) is 10.6. The smallest absolute Gasteiger partial charge is 0.263 e. The highest BCUT2D eigenvalue weighted by Gasteiger charge is 2.14. The first-order valence-electron chi connectivity index (χ1n) is 6.55. The number of hydrogen-bond acceptors (Lipinski definition) is 5. The van der Waals surface area contributed by atoms with Crippen LogP contribution in [0.25, 0.3) is 11.7 Å². The Morgan fingerprint density at radius 1 is 1.36 bits per heavy atom. The summed E-state index contributed by atoms with van der Waals surface area (Å²) in [5, 5.41) is 0. The first kappa shape index (κ1) is 14.6. The predicted octanol–water partition coefficient (Wildman–Crippen LogP) is 4.40. The highest BCUT2D eigenvalue weighted by Crippen LogP contribution is 2.27. The van der Waals surface area contributed by atoms with Gasteiger partial charge in [0.25, 0.3) is 5.89 Å². The van der Waals surface area contributed by atoms with Gasteiger partial charge in [0.2, 0.25) is 0 Å². The second kappa shape index (κ2) is 6.19. The van der Waals surface area contributed by atoms with Crippen LogP contribution in [0.2, 0.25) is 0 Å². The number of ether oxygens (including phenoxy) is 1. The van der Waals surface area contributed by atoms with Crippen molar-refractivity contribution >= 4 is 22.2 Å². The van der Waals surface area contributed by atoms with E-state index < -0.39 is 0 Å². The highest BCUT2D eigenvalue weighted by atomic mass is 79.9. The second-order valence-corrected chi connectivity index (χ2v) is 5.45. The number of aryl methyl sites for hydroxylation is 1. The van der Waals surface area contributed by atoms with Crippen LogP contribution in [0.5, 0.6) is 5.75 Å². The van der Waals surface area contributed by atoms with Crippen molar-refractivity contribution in [3.8, 4) is 17.4 Å². The number of halogens is 1. The van der Waals surface area contributed by atoms with Gasteiger partial charge in [-0.2, -0.15) is 0 Å². The summed E-state index contributed by atoms with van der Waals surface area (Å²) in [6.07, 6.45) is 2.35. The Labute approximate surface area is 135 Å². The molecule has 0 aliphatic heterocycles. The Bertz CT molecular complexity index is 793. The number of carbonyl (C=O) groups excluding carboxylic acids is 1. The minimum absolute atomic E-state index is 0.259. The van der Waals surface area contributed by atoms with E-state index >= 15 is 0 Å². The lowest BCUT2D eigenvalue weighted by molar-refractivity contribution is 0.112. The van der Waals surface area contributed by atoms with E-state index in [0.717, 1.165) is 6.29 Å². The fourth-order valence-electron chi connectivity index (χ4n) is 1.92. The number of aldehydes is 1. The fraction of sp³-hybridized carbons (Fsp3) is 0.125. The summed E-state index contributed by atoms with van der Waals surface area (Å²) >= 11 is 3.37. The van der Waals surface area contributed by atoms with Gasteiger partial charge in [-0.25, -0.2) is 4.98 Å². The topological polar surface area (TPSA) is 65.5 Å². The molecule has 3 aromatic rings. The van der Waals surface area contributed by atoms with Crippen molar-refractivity contribution in [2.45, 2.75) is 13.5 Å². The van der Waals surface area contributed by atoms with E-state index in [2.05, 4.69) is 20.9 Å². The number of rotatable bonds is 5. The van der Waals surface area contributed by atoms with Crippen LogP contribution in [0.1, 0.15) is 21.8 Å². The first-order valence-corrected chi connectivity index (χ1v) is 7.34. The molecule has 0 aliphatic rings. The lowest BCUT2D eigenvalue weighted by Crippen LogP contribution is -1.98. The van der Waals surface area contributed by atoms with Crippen molar-refractivity contribution < 1.29 is 18.4 Å². The van der Waals surface area contributed by atoms with Crippen LogP contribution in [-0.2, 0) is 6.61 Å². The van der Waals surface area contributed by atoms with Gasteiger partial charge >= 0.3 is 0 Å². The van der Waals surface area contributed by atoms with Crippen LogP contribution >= 0.6 is 15.9 Å². The molecular formula is C16H12BrNO4. The Balaban J connectivity index is 1.75. The third kappa shape index (κ3) is 2.96. The number of hydrogen-bond donors (Lipinski definition) is 0.